The molecule has 17 nitrogen and oxygen atoms in total. The molecule has 54 heavy (non-hydrogen) atoms. The summed E-state index contributed by atoms with van der Waals surface area (Å²) in [6, 6.07) is 2.18. The Kier molecular flexibility index (Phi) is 37.7. The number of carbonyl (C=O) groups is 1. The fourth-order valence-corrected chi connectivity index (χ4v) is 11.2. The van der Waals surface area contributed by atoms with Crippen LogP contribution < -0.4 is 5.73 Å². The second kappa shape index (κ2) is 35.4. The maximum atomic E-state index is 11.1. The predicted molar refractivity (Wildman–Crippen MR) is 215 cm³/mol. The number of epoxide rings is 1. The minimum atomic E-state index is -2.53. The Labute approximate surface area is 330 Å². The van der Waals surface area contributed by atoms with E-state index >= 15 is 0 Å². The minimum absolute atomic E-state index is 0.316. The Morgan fingerprint density at radius 1 is 0.685 bits per heavy atom. The predicted octanol–water partition coefficient (Wildman–Crippen LogP) is 4.02. The van der Waals surface area contributed by atoms with Crippen molar-refractivity contribution in [1.82, 2.24) is 0 Å². The van der Waals surface area contributed by atoms with Crippen molar-refractivity contribution < 1.29 is 72.1 Å². The fourth-order valence-electron chi connectivity index (χ4n) is 4.24. The highest BCUT2D eigenvalue weighted by molar-refractivity contribution is 6.66. The number of esters is 1. The van der Waals surface area contributed by atoms with Crippen LogP contribution in [-0.4, -0.2) is 164 Å². The van der Waals surface area contributed by atoms with Gasteiger partial charge in [0.25, 0.3) is 0 Å². The average Bonchev–Trinajstić information content (AvgIpc) is 4.03. The topological polar surface area (TPSA) is 185 Å². The SMILES string of the molecule is C=C(C)C(=O)OCCC[Si](OC)(OC)OC.C=C[Si](OCC)(OCC)OCC.CO[Si](CCCN)(OC)OC.CO[Si](CCCOCC1CO1)(OC)OC. The third-order valence-corrected chi connectivity index (χ3v) is 18.5. The van der Waals surface area contributed by atoms with Crippen LogP contribution in [0.5, 0.6) is 0 Å². The standard InChI is InChI=1S/C10H20O5Si.C9H20O5Si.C8H18O3Si.C6H17NO3Si/c1-9(2)10(11)15-7-6-8-16(12-3,13-4)14-5;1-10-15(11-2,12-3)6-4-5-13-7-9-8-14-9;1-5-9-12(8-4,10-6-2)11-7-3;1-8-11(9-2,10-3)6-4-5-7/h1,6-8H2,2-5H3;9H,4-8H2,1-3H3;8H,4-7H2,1-3H3;4-7H2,1-3H3. The lowest BCUT2D eigenvalue weighted by Gasteiger charge is -2.24. The normalized spacial score (nSPS) is 14.1. The van der Waals surface area contributed by atoms with Crippen LogP contribution in [0.1, 0.15) is 47.0 Å². The molecule has 324 valence electrons. The summed E-state index contributed by atoms with van der Waals surface area (Å²) in [7, 11) is 4.61. The summed E-state index contributed by atoms with van der Waals surface area (Å²) in [4.78, 5) is 11.1. The van der Waals surface area contributed by atoms with Gasteiger partial charge in [-0.05, 0) is 59.2 Å². The largest absolute Gasteiger partial charge is 0.528 e. The lowest BCUT2D eigenvalue weighted by Crippen LogP contribution is -2.44. The van der Waals surface area contributed by atoms with Crippen LogP contribution in [0.3, 0.4) is 0 Å². The van der Waals surface area contributed by atoms with Crippen molar-refractivity contribution in [2.75, 3.05) is 117 Å². The molecule has 1 heterocycles. The zero-order valence-electron chi connectivity index (χ0n) is 35.6. The molecule has 0 aromatic carbocycles. The smallest absolute Gasteiger partial charge is 0.462 e. The fraction of sp³-hybridized carbons (Fsp3) is 0.848. The van der Waals surface area contributed by atoms with Gasteiger partial charge >= 0.3 is 41.2 Å². The Hall–Kier alpha value is -0.782. The van der Waals surface area contributed by atoms with Crippen LogP contribution in [0.2, 0.25) is 18.1 Å². The van der Waals surface area contributed by atoms with Crippen LogP contribution in [0.25, 0.3) is 0 Å². The number of rotatable bonds is 30. The molecular weight excluding hydrogens is 779 g/mol. The van der Waals surface area contributed by atoms with Gasteiger partial charge in [-0.2, -0.15) is 0 Å². The van der Waals surface area contributed by atoms with Crippen LogP contribution in [-0.2, 0) is 72.1 Å². The summed E-state index contributed by atoms with van der Waals surface area (Å²) in [5.74, 6) is -0.375. The van der Waals surface area contributed by atoms with Crippen molar-refractivity contribution >= 4 is 41.2 Å². The minimum Gasteiger partial charge on any atom is -0.462 e. The van der Waals surface area contributed by atoms with Gasteiger partial charge in [-0.15, -0.1) is 0 Å². The summed E-state index contributed by atoms with van der Waals surface area (Å²) >= 11 is 0. The maximum absolute atomic E-state index is 11.1. The molecule has 21 heteroatoms. The zero-order chi connectivity index (χ0) is 41.9. The third-order valence-electron chi connectivity index (χ3n) is 7.46. The first-order valence-corrected chi connectivity index (χ1v) is 25.6. The summed E-state index contributed by atoms with van der Waals surface area (Å²) in [5.41, 5.74) is 7.42. The molecule has 0 aliphatic carbocycles. The molecular formula is C33H75NO16Si4. The quantitative estimate of drug-likeness (QED) is 0.0359. The van der Waals surface area contributed by atoms with Crippen molar-refractivity contribution in [3.63, 3.8) is 0 Å². The molecule has 0 aromatic heterocycles. The molecule has 0 spiro atoms. The first kappa shape index (κ1) is 57.5. The molecule has 1 rings (SSSR count). The lowest BCUT2D eigenvalue weighted by molar-refractivity contribution is -0.139. The van der Waals surface area contributed by atoms with Gasteiger partial charge in [0.2, 0.25) is 0 Å². The number of hydrogen-bond acceptors (Lipinski definition) is 17. The molecule has 1 unspecified atom stereocenters. The van der Waals surface area contributed by atoms with Crippen molar-refractivity contribution in [1.29, 1.82) is 0 Å². The maximum Gasteiger partial charge on any atom is 0.528 e. The van der Waals surface area contributed by atoms with E-state index in [9.17, 15) is 4.79 Å². The Balaban J connectivity index is -0.000000650. The summed E-state index contributed by atoms with van der Waals surface area (Å²) in [5, 5.41) is 0. The van der Waals surface area contributed by atoms with E-state index in [4.69, 9.17) is 73.1 Å². The van der Waals surface area contributed by atoms with E-state index in [1.165, 1.54) is 0 Å². The van der Waals surface area contributed by atoms with Crippen molar-refractivity contribution in [2.45, 2.75) is 71.2 Å². The van der Waals surface area contributed by atoms with E-state index in [0.717, 1.165) is 31.5 Å². The first-order chi connectivity index (χ1) is 25.8. The number of carbonyl (C=O) groups excluding carboxylic acids is 1. The monoisotopic (exact) mass is 853 g/mol. The van der Waals surface area contributed by atoms with Gasteiger partial charge in [0.1, 0.15) is 6.10 Å². The second-order valence-corrected chi connectivity index (χ2v) is 22.8. The summed E-state index contributed by atoms with van der Waals surface area (Å²) < 4.78 is 78.8. The lowest BCUT2D eigenvalue weighted by atomic mass is 10.4. The molecule has 2 N–H and O–H groups in total. The zero-order valence-corrected chi connectivity index (χ0v) is 39.6. The van der Waals surface area contributed by atoms with E-state index in [2.05, 4.69) is 13.2 Å². The summed E-state index contributed by atoms with van der Waals surface area (Å²) in [6.45, 7) is 19.5. The molecule has 0 radical (unpaired) electrons. The molecule has 0 saturated carbocycles. The average molecular weight is 854 g/mol. The molecule has 1 saturated heterocycles. The highest BCUT2D eigenvalue weighted by atomic mass is 28.4. The van der Waals surface area contributed by atoms with Crippen LogP contribution in [0.4, 0.5) is 0 Å². The molecule has 1 aliphatic rings. The van der Waals surface area contributed by atoms with E-state index in [0.29, 0.717) is 70.3 Å². The highest BCUT2D eigenvalue weighted by Crippen LogP contribution is 2.17. The van der Waals surface area contributed by atoms with Crippen LogP contribution in [0.15, 0.2) is 24.4 Å². The first-order valence-electron chi connectivity index (χ1n) is 18.0. The molecule has 1 aliphatic heterocycles. The van der Waals surface area contributed by atoms with Crippen molar-refractivity contribution in [3.05, 3.63) is 24.4 Å². The van der Waals surface area contributed by atoms with Gasteiger partial charge in [-0.1, -0.05) is 13.2 Å². The van der Waals surface area contributed by atoms with Crippen molar-refractivity contribution in [3.8, 4) is 0 Å². The number of nitrogens with two attached hydrogens (primary N) is 1. The van der Waals surface area contributed by atoms with E-state index in [1.807, 2.05) is 20.8 Å². The molecule has 0 aromatic rings. The van der Waals surface area contributed by atoms with Crippen LogP contribution in [0, 0.1) is 0 Å². The van der Waals surface area contributed by atoms with E-state index in [1.54, 1.807) is 76.6 Å². The van der Waals surface area contributed by atoms with E-state index < -0.39 is 35.2 Å². The molecule has 1 fully saturated rings. The third kappa shape index (κ3) is 26.2. The second-order valence-electron chi connectivity index (χ2n) is 11.0. The summed E-state index contributed by atoms with van der Waals surface area (Å²) in [6.07, 6.45) is 2.73. The van der Waals surface area contributed by atoms with Gasteiger partial charge in [-0.25, -0.2) is 4.79 Å². The number of hydrogen-bond donors (Lipinski definition) is 1. The van der Waals surface area contributed by atoms with Crippen LogP contribution >= 0.6 is 0 Å². The molecule has 0 amide bonds. The van der Waals surface area contributed by atoms with Gasteiger partial charge in [-0.3, -0.25) is 0 Å². The van der Waals surface area contributed by atoms with Gasteiger partial charge in [0.15, 0.2) is 0 Å². The Morgan fingerprint density at radius 2 is 1.04 bits per heavy atom. The van der Waals surface area contributed by atoms with E-state index in [-0.39, 0.29) is 5.97 Å². The Bertz CT molecular complexity index is 870. The van der Waals surface area contributed by atoms with Crippen molar-refractivity contribution in [2.24, 2.45) is 5.73 Å². The molecule has 1 atom stereocenters. The van der Waals surface area contributed by atoms with Gasteiger partial charge in [0, 0.05) is 114 Å². The molecule has 0 bridgehead atoms. The van der Waals surface area contributed by atoms with Gasteiger partial charge < -0.3 is 73.1 Å². The van der Waals surface area contributed by atoms with Gasteiger partial charge in [0.05, 0.1) is 19.8 Å². The highest BCUT2D eigenvalue weighted by Gasteiger charge is 2.39. The Morgan fingerprint density at radius 3 is 1.31 bits per heavy atom. The number of ether oxygens (including phenoxy) is 3.